The van der Waals surface area contributed by atoms with Crippen LogP contribution in [0.2, 0.25) is 0 Å². The molecule has 2 rings (SSSR count). The Morgan fingerprint density at radius 2 is 1.94 bits per heavy atom. The second kappa shape index (κ2) is 4.02. The molecule has 0 amide bonds. The number of H-pyrrole nitrogens is 1. The Kier molecular flexibility index (Phi) is 2.70. The van der Waals surface area contributed by atoms with Crippen LogP contribution in [0, 0.1) is 11.6 Å². The van der Waals surface area contributed by atoms with E-state index in [0.717, 1.165) is 12.1 Å². The van der Waals surface area contributed by atoms with E-state index in [1.807, 2.05) is 0 Å². The number of halogens is 2. The van der Waals surface area contributed by atoms with E-state index in [9.17, 15) is 13.6 Å². The Morgan fingerprint density at radius 1 is 1.25 bits per heavy atom. The van der Waals surface area contributed by atoms with Gasteiger partial charge in [-0.25, -0.2) is 8.78 Å². The molecule has 0 saturated carbocycles. The van der Waals surface area contributed by atoms with Gasteiger partial charge in [-0.1, -0.05) is 0 Å². The third-order valence-corrected chi connectivity index (χ3v) is 2.23. The smallest absolute Gasteiger partial charge is 0.189 e. The van der Waals surface area contributed by atoms with E-state index >= 15 is 0 Å². The molecule has 1 aromatic carbocycles. The highest BCUT2D eigenvalue weighted by atomic mass is 19.2. The Balaban J connectivity index is 2.72. The van der Waals surface area contributed by atoms with Gasteiger partial charge in [-0.05, 0) is 6.07 Å². The fourth-order valence-electron chi connectivity index (χ4n) is 1.53. The van der Waals surface area contributed by atoms with Gasteiger partial charge in [0.15, 0.2) is 17.1 Å². The Bertz CT molecular complexity index is 592. The quantitative estimate of drug-likeness (QED) is 0.848. The topological polar surface area (TPSA) is 42.1 Å². The Hall–Kier alpha value is -1.75. The van der Waals surface area contributed by atoms with Gasteiger partial charge in [0.2, 0.25) is 0 Å². The van der Waals surface area contributed by atoms with Crippen LogP contribution in [0.15, 0.2) is 23.0 Å². The molecule has 5 heteroatoms. The first-order chi connectivity index (χ1) is 7.61. The SMILES string of the molecule is COCc1cc(=O)c2cc(F)c(F)cc2[nH]1. The number of aromatic nitrogens is 1. The molecular formula is C11H9F2NO2. The zero-order chi connectivity index (χ0) is 11.7. The summed E-state index contributed by atoms with van der Waals surface area (Å²) in [5.41, 5.74) is 0.421. The lowest BCUT2D eigenvalue weighted by Crippen LogP contribution is -2.06. The number of aromatic amines is 1. The van der Waals surface area contributed by atoms with Gasteiger partial charge in [-0.2, -0.15) is 0 Å². The predicted molar refractivity (Wildman–Crippen MR) is 55.2 cm³/mol. The summed E-state index contributed by atoms with van der Waals surface area (Å²) in [6.07, 6.45) is 0. The minimum absolute atomic E-state index is 0.124. The van der Waals surface area contributed by atoms with Crippen molar-refractivity contribution in [3.8, 4) is 0 Å². The summed E-state index contributed by atoms with van der Waals surface area (Å²) in [4.78, 5) is 14.4. The van der Waals surface area contributed by atoms with Crippen molar-refractivity contribution in [2.75, 3.05) is 7.11 Å². The number of rotatable bonds is 2. The standard InChI is InChI=1S/C11H9F2NO2/c1-16-5-6-2-11(15)7-3-8(12)9(13)4-10(7)14-6/h2-4H,5H2,1H3,(H,14,15). The van der Waals surface area contributed by atoms with Gasteiger partial charge in [0.1, 0.15) is 0 Å². The van der Waals surface area contributed by atoms with Crippen LogP contribution >= 0.6 is 0 Å². The molecule has 1 aromatic heterocycles. The molecule has 0 aliphatic rings. The lowest BCUT2D eigenvalue weighted by molar-refractivity contribution is 0.181. The molecule has 0 radical (unpaired) electrons. The van der Waals surface area contributed by atoms with Gasteiger partial charge in [0.25, 0.3) is 0 Å². The van der Waals surface area contributed by atoms with Gasteiger partial charge in [-0.3, -0.25) is 4.79 Å². The number of hydrogen-bond donors (Lipinski definition) is 1. The maximum Gasteiger partial charge on any atom is 0.189 e. The van der Waals surface area contributed by atoms with Crippen LogP contribution in [0.4, 0.5) is 8.78 Å². The molecule has 2 aromatic rings. The van der Waals surface area contributed by atoms with Crippen molar-refractivity contribution in [3.05, 3.63) is 45.8 Å². The second-order valence-corrected chi connectivity index (χ2v) is 3.40. The zero-order valence-corrected chi connectivity index (χ0v) is 8.51. The number of hydrogen-bond acceptors (Lipinski definition) is 2. The molecule has 0 unspecified atom stereocenters. The van der Waals surface area contributed by atoms with Gasteiger partial charge in [0, 0.05) is 30.3 Å². The minimum atomic E-state index is -1.03. The van der Waals surface area contributed by atoms with E-state index in [1.54, 1.807) is 0 Å². The molecule has 0 aliphatic heterocycles. The van der Waals surface area contributed by atoms with E-state index in [-0.39, 0.29) is 22.9 Å². The van der Waals surface area contributed by atoms with Crippen molar-refractivity contribution in [1.82, 2.24) is 4.98 Å². The van der Waals surface area contributed by atoms with Gasteiger partial charge in [0.05, 0.1) is 12.1 Å². The maximum absolute atomic E-state index is 13.0. The number of methoxy groups -OCH3 is 1. The fraction of sp³-hybridized carbons (Fsp3) is 0.182. The molecular weight excluding hydrogens is 216 g/mol. The van der Waals surface area contributed by atoms with Crippen LogP contribution in [0.1, 0.15) is 5.69 Å². The number of nitrogens with one attached hydrogen (secondary N) is 1. The average Bonchev–Trinajstić information content (AvgIpc) is 2.22. The Labute approximate surface area is 89.7 Å². The highest BCUT2D eigenvalue weighted by Crippen LogP contribution is 2.14. The largest absolute Gasteiger partial charge is 0.378 e. The minimum Gasteiger partial charge on any atom is -0.378 e. The van der Waals surface area contributed by atoms with E-state index < -0.39 is 11.6 Å². The monoisotopic (exact) mass is 225 g/mol. The van der Waals surface area contributed by atoms with Crippen molar-refractivity contribution in [2.24, 2.45) is 0 Å². The summed E-state index contributed by atoms with van der Waals surface area (Å²) in [6, 6.07) is 3.16. The van der Waals surface area contributed by atoms with Crippen LogP contribution in [0.25, 0.3) is 10.9 Å². The summed E-state index contributed by atoms with van der Waals surface area (Å²) >= 11 is 0. The van der Waals surface area contributed by atoms with Crippen LogP contribution < -0.4 is 5.43 Å². The normalized spacial score (nSPS) is 10.9. The first-order valence-electron chi connectivity index (χ1n) is 4.61. The second-order valence-electron chi connectivity index (χ2n) is 3.40. The molecule has 0 spiro atoms. The van der Waals surface area contributed by atoms with Gasteiger partial charge in [-0.15, -0.1) is 0 Å². The number of benzene rings is 1. The summed E-state index contributed by atoms with van der Waals surface area (Å²) in [6.45, 7) is 0.212. The van der Waals surface area contributed by atoms with Crippen molar-refractivity contribution in [1.29, 1.82) is 0 Å². The average molecular weight is 225 g/mol. The van der Waals surface area contributed by atoms with E-state index in [0.29, 0.717) is 5.69 Å². The third-order valence-electron chi connectivity index (χ3n) is 2.23. The molecule has 0 atom stereocenters. The number of pyridine rings is 1. The summed E-state index contributed by atoms with van der Waals surface area (Å²) in [7, 11) is 1.48. The molecule has 16 heavy (non-hydrogen) atoms. The molecule has 3 nitrogen and oxygen atoms in total. The molecule has 0 saturated heterocycles. The first kappa shape index (κ1) is 10.8. The number of ether oxygens (including phenoxy) is 1. The maximum atomic E-state index is 13.0. The highest BCUT2D eigenvalue weighted by Gasteiger charge is 2.08. The lowest BCUT2D eigenvalue weighted by Gasteiger charge is -2.03. The Morgan fingerprint density at radius 3 is 2.62 bits per heavy atom. The third kappa shape index (κ3) is 1.81. The van der Waals surface area contributed by atoms with Crippen molar-refractivity contribution >= 4 is 10.9 Å². The molecule has 1 N–H and O–H groups in total. The van der Waals surface area contributed by atoms with Crippen molar-refractivity contribution in [2.45, 2.75) is 6.61 Å². The first-order valence-corrected chi connectivity index (χ1v) is 4.61. The molecule has 0 aliphatic carbocycles. The van der Waals surface area contributed by atoms with Gasteiger partial charge >= 0.3 is 0 Å². The summed E-state index contributed by atoms with van der Waals surface area (Å²) in [5, 5.41) is 0.124. The zero-order valence-electron chi connectivity index (χ0n) is 8.51. The molecule has 1 heterocycles. The van der Waals surface area contributed by atoms with Gasteiger partial charge < -0.3 is 9.72 Å². The van der Waals surface area contributed by atoms with E-state index in [1.165, 1.54) is 13.2 Å². The van der Waals surface area contributed by atoms with E-state index in [4.69, 9.17) is 4.74 Å². The van der Waals surface area contributed by atoms with Crippen molar-refractivity contribution in [3.63, 3.8) is 0 Å². The summed E-state index contributed by atoms with van der Waals surface area (Å²) in [5.74, 6) is -2.02. The molecule has 84 valence electrons. The molecule has 0 bridgehead atoms. The van der Waals surface area contributed by atoms with Crippen LogP contribution in [-0.4, -0.2) is 12.1 Å². The van der Waals surface area contributed by atoms with Crippen LogP contribution in [-0.2, 0) is 11.3 Å². The predicted octanol–water partition coefficient (Wildman–Crippen LogP) is 1.95. The number of fused-ring (bicyclic) bond motifs is 1. The fourth-order valence-corrected chi connectivity index (χ4v) is 1.53. The molecule has 0 fully saturated rings. The van der Waals surface area contributed by atoms with Crippen LogP contribution in [0.5, 0.6) is 0 Å². The highest BCUT2D eigenvalue weighted by molar-refractivity contribution is 5.78. The summed E-state index contributed by atoms with van der Waals surface area (Å²) < 4.78 is 30.7. The van der Waals surface area contributed by atoms with E-state index in [2.05, 4.69) is 4.98 Å². The van der Waals surface area contributed by atoms with Crippen LogP contribution in [0.3, 0.4) is 0 Å². The lowest BCUT2D eigenvalue weighted by atomic mass is 10.2. The van der Waals surface area contributed by atoms with Crippen molar-refractivity contribution < 1.29 is 13.5 Å².